The molecule has 0 unspecified atom stereocenters. The zero-order valence-corrected chi connectivity index (χ0v) is 11.7. The summed E-state index contributed by atoms with van der Waals surface area (Å²) < 4.78 is 32.2. The van der Waals surface area contributed by atoms with E-state index in [0.717, 1.165) is 0 Å². The monoisotopic (exact) mass is 298 g/mol. The van der Waals surface area contributed by atoms with Gasteiger partial charge in [0.1, 0.15) is 0 Å². The highest BCUT2D eigenvalue weighted by Gasteiger charge is 2.59. The van der Waals surface area contributed by atoms with Gasteiger partial charge in [0.2, 0.25) is 5.72 Å². The van der Waals surface area contributed by atoms with E-state index in [1.165, 1.54) is 0 Å². The smallest absolute Gasteiger partial charge is 0.433 e. The van der Waals surface area contributed by atoms with Gasteiger partial charge >= 0.3 is 6.09 Å². The summed E-state index contributed by atoms with van der Waals surface area (Å²) >= 11 is 0. The Morgan fingerprint density at radius 3 is 2.62 bits per heavy atom. The van der Waals surface area contributed by atoms with Crippen LogP contribution < -0.4 is 0 Å². The van der Waals surface area contributed by atoms with Crippen LogP contribution >= 0.6 is 0 Å². The molecule has 1 amide bonds. The van der Waals surface area contributed by atoms with Crippen molar-refractivity contribution in [2.45, 2.75) is 31.9 Å². The van der Waals surface area contributed by atoms with E-state index in [0.29, 0.717) is 17.5 Å². The van der Waals surface area contributed by atoms with Crippen molar-refractivity contribution < 1.29 is 23.4 Å². The van der Waals surface area contributed by atoms with E-state index in [1.54, 1.807) is 37.3 Å². The number of carbonyl (C=O) groups is 1. The van der Waals surface area contributed by atoms with Crippen molar-refractivity contribution in [1.29, 1.82) is 0 Å². The Bertz CT molecular complexity index is 557. The first kappa shape index (κ1) is 15.4. The molecule has 0 spiro atoms. The lowest BCUT2D eigenvalue weighted by molar-refractivity contribution is -0.226. The van der Waals surface area contributed by atoms with Gasteiger partial charge in [0.15, 0.2) is 0 Å². The fourth-order valence-electron chi connectivity index (χ4n) is 2.06. The Labute approximate surface area is 120 Å². The van der Waals surface area contributed by atoms with Crippen LogP contribution in [-0.2, 0) is 4.74 Å². The summed E-state index contributed by atoms with van der Waals surface area (Å²) in [6.45, 7) is 2.08. The topological polar surface area (TPSA) is 62.1 Å². The number of halogens is 2. The third-order valence-corrected chi connectivity index (χ3v) is 3.24. The van der Waals surface area contributed by atoms with Gasteiger partial charge in [-0.25, -0.2) is 13.6 Å². The SMILES string of the molecule is CCOC(=O)N1N=C(c2ccccc2)C[C@]1(O)C(C)(F)F. The molecule has 1 aromatic carbocycles. The van der Waals surface area contributed by atoms with Crippen molar-refractivity contribution in [3.05, 3.63) is 35.9 Å². The number of hydrogen-bond acceptors (Lipinski definition) is 4. The number of rotatable bonds is 3. The molecule has 1 aliphatic heterocycles. The fourth-order valence-corrected chi connectivity index (χ4v) is 2.06. The molecule has 7 heteroatoms. The summed E-state index contributed by atoms with van der Waals surface area (Å²) in [6, 6.07) is 8.54. The number of benzene rings is 1. The van der Waals surface area contributed by atoms with Gasteiger partial charge in [-0.3, -0.25) is 0 Å². The number of amides is 1. The third-order valence-electron chi connectivity index (χ3n) is 3.24. The molecular formula is C14H16F2N2O3. The van der Waals surface area contributed by atoms with Crippen LogP contribution in [0.15, 0.2) is 35.4 Å². The van der Waals surface area contributed by atoms with Gasteiger partial charge in [0.05, 0.1) is 12.3 Å². The summed E-state index contributed by atoms with van der Waals surface area (Å²) in [6.07, 6.45) is -1.58. The largest absolute Gasteiger partial charge is 0.448 e. The zero-order chi connectivity index (χ0) is 15.7. The van der Waals surface area contributed by atoms with Gasteiger partial charge in [0.25, 0.3) is 5.92 Å². The normalized spacial score (nSPS) is 22.1. The zero-order valence-electron chi connectivity index (χ0n) is 11.7. The van der Waals surface area contributed by atoms with Crippen molar-refractivity contribution in [1.82, 2.24) is 5.01 Å². The van der Waals surface area contributed by atoms with Crippen LogP contribution in [0.3, 0.4) is 0 Å². The molecular weight excluding hydrogens is 282 g/mol. The minimum atomic E-state index is -3.56. The Hall–Kier alpha value is -2.02. The Morgan fingerprint density at radius 1 is 1.48 bits per heavy atom. The number of nitrogens with zero attached hydrogens (tertiary/aromatic N) is 2. The lowest BCUT2D eigenvalue weighted by Crippen LogP contribution is -2.57. The summed E-state index contributed by atoms with van der Waals surface area (Å²) in [5, 5.41) is 14.5. The molecule has 1 aromatic rings. The molecule has 1 heterocycles. The van der Waals surface area contributed by atoms with Crippen LogP contribution in [0.5, 0.6) is 0 Å². The highest BCUT2D eigenvalue weighted by molar-refractivity contribution is 6.03. The number of hydrazone groups is 1. The maximum Gasteiger partial charge on any atom is 0.433 e. The average Bonchev–Trinajstić information content (AvgIpc) is 2.79. The van der Waals surface area contributed by atoms with Crippen molar-refractivity contribution >= 4 is 11.8 Å². The number of hydrogen-bond donors (Lipinski definition) is 1. The molecule has 0 saturated carbocycles. The van der Waals surface area contributed by atoms with E-state index in [4.69, 9.17) is 0 Å². The van der Waals surface area contributed by atoms with Gasteiger partial charge in [-0.05, 0) is 12.5 Å². The maximum absolute atomic E-state index is 13.8. The predicted molar refractivity (Wildman–Crippen MR) is 72.0 cm³/mol. The van der Waals surface area contributed by atoms with E-state index in [9.17, 15) is 18.7 Å². The van der Waals surface area contributed by atoms with Gasteiger partial charge in [-0.15, -0.1) is 0 Å². The van der Waals surface area contributed by atoms with Crippen LogP contribution in [0.25, 0.3) is 0 Å². The number of carbonyl (C=O) groups excluding carboxylic acids is 1. The lowest BCUT2D eigenvalue weighted by Gasteiger charge is -2.34. The quantitative estimate of drug-likeness (QED) is 0.933. The average molecular weight is 298 g/mol. The van der Waals surface area contributed by atoms with Crippen molar-refractivity contribution in [3.63, 3.8) is 0 Å². The van der Waals surface area contributed by atoms with Crippen LogP contribution in [-0.4, -0.2) is 40.2 Å². The molecule has 0 fully saturated rings. The third kappa shape index (κ3) is 2.73. The minimum absolute atomic E-state index is 0.00309. The molecule has 21 heavy (non-hydrogen) atoms. The van der Waals surface area contributed by atoms with E-state index in [1.807, 2.05) is 0 Å². The predicted octanol–water partition coefficient (Wildman–Crippen LogP) is 2.60. The molecule has 1 aliphatic rings. The minimum Gasteiger partial charge on any atom is -0.448 e. The van der Waals surface area contributed by atoms with Crippen molar-refractivity contribution in [2.75, 3.05) is 6.61 Å². The summed E-state index contributed by atoms with van der Waals surface area (Å²) in [5.41, 5.74) is -1.97. The second kappa shape index (κ2) is 5.40. The number of ether oxygens (including phenoxy) is 1. The van der Waals surface area contributed by atoms with E-state index >= 15 is 0 Å². The fraction of sp³-hybridized carbons (Fsp3) is 0.429. The second-order valence-corrected chi connectivity index (χ2v) is 4.81. The molecule has 0 saturated heterocycles. The molecule has 1 N–H and O–H groups in total. The van der Waals surface area contributed by atoms with Crippen LogP contribution in [0.1, 0.15) is 25.8 Å². The molecule has 1 atom stereocenters. The molecule has 114 valence electrons. The Kier molecular flexibility index (Phi) is 3.95. The first-order valence-corrected chi connectivity index (χ1v) is 6.49. The van der Waals surface area contributed by atoms with Gasteiger partial charge in [-0.1, -0.05) is 30.3 Å². The van der Waals surface area contributed by atoms with E-state index < -0.39 is 24.2 Å². The molecule has 0 aromatic heterocycles. The van der Waals surface area contributed by atoms with Gasteiger partial charge in [-0.2, -0.15) is 10.1 Å². The number of aliphatic hydroxyl groups is 1. The molecule has 0 radical (unpaired) electrons. The Morgan fingerprint density at radius 2 is 2.10 bits per heavy atom. The molecule has 0 aliphatic carbocycles. The standard InChI is InChI=1S/C14H16F2N2O3/c1-3-21-12(19)18-14(20,13(2,15)16)9-11(17-18)10-7-5-4-6-8-10/h4-8,20H,3,9H2,1-2H3/t14-/m0/s1. The van der Waals surface area contributed by atoms with Crippen LogP contribution in [0, 0.1) is 0 Å². The first-order valence-electron chi connectivity index (χ1n) is 6.49. The highest BCUT2D eigenvalue weighted by atomic mass is 19.3. The Balaban J connectivity index is 2.40. The summed E-state index contributed by atoms with van der Waals surface area (Å²) in [5.74, 6) is -3.56. The lowest BCUT2D eigenvalue weighted by atomic mass is 9.97. The molecule has 0 bridgehead atoms. The van der Waals surface area contributed by atoms with Gasteiger partial charge in [0, 0.05) is 13.3 Å². The maximum atomic E-state index is 13.8. The van der Waals surface area contributed by atoms with Crippen LogP contribution in [0.2, 0.25) is 0 Å². The van der Waals surface area contributed by atoms with Gasteiger partial charge < -0.3 is 9.84 Å². The summed E-state index contributed by atoms with van der Waals surface area (Å²) in [7, 11) is 0. The second-order valence-electron chi connectivity index (χ2n) is 4.81. The van der Waals surface area contributed by atoms with E-state index in [-0.39, 0.29) is 12.3 Å². The van der Waals surface area contributed by atoms with Crippen molar-refractivity contribution in [3.8, 4) is 0 Å². The summed E-state index contributed by atoms with van der Waals surface area (Å²) in [4.78, 5) is 11.8. The molecule has 2 rings (SSSR count). The van der Waals surface area contributed by atoms with Crippen LogP contribution in [0.4, 0.5) is 13.6 Å². The highest BCUT2D eigenvalue weighted by Crippen LogP contribution is 2.40. The number of alkyl halides is 2. The molecule has 5 nitrogen and oxygen atoms in total. The van der Waals surface area contributed by atoms with E-state index in [2.05, 4.69) is 9.84 Å². The van der Waals surface area contributed by atoms with Crippen molar-refractivity contribution in [2.24, 2.45) is 5.10 Å². The first-order chi connectivity index (χ1) is 9.79.